The van der Waals surface area contributed by atoms with Crippen molar-refractivity contribution in [2.75, 3.05) is 12.4 Å². The van der Waals surface area contributed by atoms with E-state index >= 15 is 0 Å². The van der Waals surface area contributed by atoms with E-state index in [1.54, 1.807) is 7.05 Å². The van der Waals surface area contributed by atoms with E-state index in [4.69, 9.17) is 11.6 Å². The molecule has 21 heavy (non-hydrogen) atoms. The number of hydrogen-bond donors (Lipinski definition) is 2. The second-order valence-electron chi connectivity index (χ2n) is 5.17. The van der Waals surface area contributed by atoms with Gasteiger partial charge in [0.25, 0.3) is 11.6 Å². The van der Waals surface area contributed by atoms with E-state index in [1.165, 1.54) is 18.6 Å². The molecule has 1 fully saturated rings. The first-order valence-corrected chi connectivity index (χ1v) is 7.37. The van der Waals surface area contributed by atoms with Crippen LogP contribution in [0.4, 0.5) is 11.4 Å². The van der Waals surface area contributed by atoms with Gasteiger partial charge in [-0.1, -0.05) is 30.9 Å². The molecule has 0 spiro atoms. The van der Waals surface area contributed by atoms with Crippen LogP contribution in [-0.4, -0.2) is 23.9 Å². The van der Waals surface area contributed by atoms with Crippen molar-refractivity contribution in [1.29, 1.82) is 0 Å². The summed E-state index contributed by atoms with van der Waals surface area (Å²) in [4.78, 5) is 22.8. The van der Waals surface area contributed by atoms with Crippen molar-refractivity contribution in [3.05, 3.63) is 32.8 Å². The molecule has 0 heterocycles. The summed E-state index contributed by atoms with van der Waals surface area (Å²) in [6.45, 7) is 0. The molecule has 0 radical (unpaired) electrons. The second-order valence-corrected chi connectivity index (χ2v) is 5.57. The summed E-state index contributed by atoms with van der Waals surface area (Å²) in [6, 6.07) is 2.86. The highest BCUT2D eigenvalue weighted by Gasteiger charge is 2.22. The van der Waals surface area contributed by atoms with E-state index in [0.29, 0.717) is 0 Å². The summed E-state index contributed by atoms with van der Waals surface area (Å²) in [7, 11) is 1.55. The minimum absolute atomic E-state index is 0.146. The number of nitro benzene ring substituents is 1. The molecule has 114 valence electrons. The first-order valence-electron chi connectivity index (χ1n) is 6.99. The fraction of sp³-hybridized carbons (Fsp3) is 0.500. The Morgan fingerprint density at radius 2 is 2.00 bits per heavy atom. The van der Waals surface area contributed by atoms with Crippen LogP contribution in [0, 0.1) is 10.1 Å². The van der Waals surface area contributed by atoms with Crippen LogP contribution in [0.15, 0.2) is 12.1 Å². The number of nitrogens with one attached hydrogen (secondary N) is 2. The number of anilines is 1. The van der Waals surface area contributed by atoms with E-state index in [1.807, 2.05) is 0 Å². The van der Waals surface area contributed by atoms with Gasteiger partial charge in [-0.25, -0.2) is 0 Å². The van der Waals surface area contributed by atoms with Gasteiger partial charge in [-0.3, -0.25) is 14.9 Å². The van der Waals surface area contributed by atoms with Gasteiger partial charge in [0.2, 0.25) is 0 Å². The lowest BCUT2D eigenvalue weighted by Crippen LogP contribution is -2.36. The van der Waals surface area contributed by atoms with Crippen molar-refractivity contribution >= 4 is 28.9 Å². The van der Waals surface area contributed by atoms with Crippen molar-refractivity contribution in [2.45, 2.75) is 38.1 Å². The molecule has 0 saturated heterocycles. The van der Waals surface area contributed by atoms with Gasteiger partial charge in [0.05, 0.1) is 9.95 Å². The van der Waals surface area contributed by atoms with Crippen LogP contribution in [0.25, 0.3) is 0 Å². The molecule has 1 aliphatic rings. The molecule has 0 aliphatic heterocycles. The molecule has 1 aromatic carbocycles. The van der Waals surface area contributed by atoms with E-state index < -0.39 is 4.92 Å². The Morgan fingerprint density at radius 3 is 2.57 bits per heavy atom. The number of benzene rings is 1. The van der Waals surface area contributed by atoms with Crippen LogP contribution < -0.4 is 10.6 Å². The largest absolute Gasteiger partial charge is 0.381 e. The van der Waals surface area contributed by atoms with Gasteiger partial charge in [0.15, 0.2) is 0 Å². The Balaban J connectivity index is 2.22. The molecule has 7 heteroatoms. The van der Waals surface area contributed by atoms with E-state index in [0.717, 1.165) is 25.7 Å². The predicted octanol–water partition coefficient (Wildman–Crippen LogP) is 3.35. The van der Waals surface area contributed by atoms with E-state index in [-0.39, 0.29) is 33.9 Å². The van der Waals surface area contributed by atoms with Crippen LogP contribution in [0.1, 0.15) is 42.5 Å². The quantitative estimate of drug-likeness (QED) is 0.659. The maximum absolute atomic E-state index is 12.2. The van der Waals surface area contributed by atoms with E-state index in [2.05, 4.69) is 10.6 Å². The maximum atomic E-state index is 12.2. The topological polar surface area (TPSA) is 84.3 Å². The number of rotatable bonds is 4. The zero-order valence-corrected chi connectivity index (χ0v) is 12.6. The Hall–Kier alpha value is -1.82. The Bertz CT molecular complexity index is 557. The Labute approximate surface area is 128 Å². The van der Waals surface area contributed by atoms with Gasteiger partial charge in [0.1, 0.15) is 5.69 Å². The summed E-state index contributed by atoms with van der Waals surface area (Å²) in [5, 5.41) is 16.9. The smallest absolute Gasteiger partial charge is 0.294 e. The van der Waals surface area contributed by atoms with Gasteiger partial charge in [0, 0.05) is 24.7 Å². The van der Waals surface area contributed by atoms with Crippen LogP contribution in [0.2, 0.25) is 5.02 Å². The molecule has 0 unspecified atom stereocenters. The molecule has 0 aromatic heterocycles. The number of carbonyl (C=O) groups is 1. The molecular weight excluding hydrogens is 294 g/mol. The van der Waals surface area contributed by atoms with Crippen molar-refractivity contribution in [3.8, 4) is 0 Å². The third-order valence-corrected chi connectivity index (χ3v) is 4.02. The maximum Gasteiger partial charge on any atom is 0.294 e. The zero-order chi connectivity index (χ0) is 15.4. The summed E-state index contributed by atoms with van der Waals surface area (Å²) >= 11 is 6.02. The van der Waals surface area contributed by atoms with Gasteiger partial charge in [-0.15, -0.1) is 0 Å². The molecule has 2 N–H and O–H groups in total. The fourth-order valence-corrected chi connectivity index (χ4v) is 2.94. The first kappa shape index (κ1) is 15.6. The average molecular weight is 312 g/mol. The molecule has 2 rings (SSSR count). The lowest BCUT2D eigenvalue weighted by molar-refractivity contribution is -0.383. The zero-order valence-electron chi connectivity index (χ0n) is 11.8. The molecular formula is C14H18ClN3O3. The third kappa shape index (κ3) is 3.64. The summed E-state index contributed by atoms with van der Waals surface area (Å²) in [5.74, 6) is -0.311. The van der Waals surface area contributed by atoms with Crippen molar-refractivity contribution < 1.29 is 9.72 Å². The number of nitrogens with zero attached hydrogens (tertiary/aromatic N) is 1. The summed E-state index contributed by atoms with van der Waals surface area (Å²) < 4.78 is 0. The molecule has 1 saturated carbocycles. The van der Waals surface area contributed by atoms with Gasteiger partial charge < -0.3 is 10.6 Å². The Morgan fingerprint density at radius 1 is 1.33 bits per heavy atom. The van der Waals surface area contributed by atoms with E-state index in [9.17, 15) is 14.9 Å². The minimum atomic E-state index is -0.547. The van der Waals surface area contributed by atoms with Crippen molar-refractivity contribution in [2.24, 2.45) is 0 Å². The number of amides is 1. The molecule has 6 nitrogen and oxygen atoms in total. The second kappa shape index (κ2) is 6.76. The fourth-order valence-electron chi connectivity index (χ4n) is 2.63. The number of halogens is 1. The molecule has 1 aliphatic carbocycles. The Kier molecular flexibility index (Phi) is 5.01. The van der Waals surface area contributed by atoms with Crippen LogP contribution in [0.3, 0.4) is 0 Å². The summed E-state index contributed by atoms with van der Waals surface area (Å²) in [5.41, 5.74) is 0.242. The highest BCUT2D eigenvalue weighted by molar-refractivity contribution is 6.34. The normalized spacial score (nSPS) is 15.5. The van der Waals surface area contributed by atoms with Gasteiger partial charge in [-0.05, 0) is 18.9 Å². The van der Waals surface area contributed by atoms with Crippen LogP contribution in [0.5, 0.6) is 0 Å². The number of nitro groups is 1. The molecule has 1 amide bonds. The van der Waals surface area contributed by atoms with Gasteiger partial charge >= 0.3 is 0 Å². The minimum Gasteiger partial charge on any atom is -0.381 e. The predicted molar refractivity (Wildman–Crippen MR) is 82.0 cm³/mol. The third-order valence-electron chi connectivity index (χ3n) is 3.72. The molecule has 1 aromatic rings. The lowest BCUT2D eigenvalue weighted by Gasteiger charge is -2.22. The molecule has 0 bridgehead atoms. The van der Waals surface area contributed by atoms with Crippen molar-refractivity contribution in [1.82, 2.24) is 5.32 Å². The number of hydrogen-bond acceptors (Lipinski definition) is 4. The SMILES string of the molecule is CNc1c(Cl)cc(C(=O)NC2CCCCC2)cc1[N+](=O)[O-]. The highest BCUT2D eigenvalue weighted by Crippen LogP contribution is 2.33. The molecule has 0 atom stereocenters. The van der Waals surface area contributed by atoms with Crippen LogP contribution >= 0.6 is 11.6 Å². The average Bonchev–Trinajstić information content (AvgIpc) is 2.47. The standard InChI is InChI=1S/C14H18ClN3O3/c1-16-13-11(15)7-9(8-12(13)18(20)21)14(19)17-10-5-3-2-4-6-10/h7-8,10,16H,2-6H2,1H3,(H,17,19). The first-order chi connectivity index (χ1) is 10.0. The van der Waals surface area contributed by atoms with Crippen molar-refractivity contribution in [3.63, 3.8) is 0 Å². The van der Waals surface area contributed by atoms with Gasteiger partial charge in [-0.2, -0.15) is 0 Å². The summed E-state index contributed by atoms with van der Waals surface area (Å²) in [6.07, 6.45) is 5.31. The van der Waals surface area contributed by atoms with Crippen LogP contribution in [-0.2, 0) is 0 Å². The number of carbonyl (C=O) groups excluding carboxylic acids is 1. The lowest BCUT2D eigenvalue weighted by atomic mass is 9.95. The monoisotopic (exact) mass is 311 g/mol. The highest BCUT2D eigenvalue weighted by atomic mass is 35.5.